The van der Waals surface area contributed by atoms with E-state index in [4.69, 9.17) is 4.74 Å². The summed E-state index contributed by atoms with van der Waals surface area (Å²) in [6.07, 6.45) is 0. The van der Waals surface area contributed by atoms with Crippen molar-refractivity contribution in [3.8, 4) is 5.75 Å². The number of nitrogens with one attached hydrogen (secondary N) is 2. The molecule has 0 saturated carbocycles. The summed E-state index contributed by atoms with van der Waals surface area (Å²) in [4.78, 5) is 28.0. The molecule has 0 fully saturated rings. The lowest BCUT2D eigenvalue weighted by Gasteiger charge is -2.14. The lowest BCUT2D eigenvalue weighted by atomic mass is 10.1. The predicted octanol–water partition coefficient (Wildman–Crippen LogP) is 2.21. The third-order valence-corrected chi connectivity index (χ3v) is 3.30. The first-order valence-electron chi connectivity index (χ1n) is 7.19. The minimum atomic E-state index is -0.747. The molecule has 2 aromatic rings. The van der Waals surface area contributed by atoms with Gasteiger partial charge in [-0.2, -0.15) is 0 Å². The van der Waals surface area contributed by atoms with Crippen molar-refractivity contribution in [1.29, 1.82) is 0 Å². The third kappa shape index (κ3) is 4.54. The van der Waals surface area contributed by atoms with Crippen LogP contribution >= 0.6 is 0 Å². The number of aryl methyl sites for hydroxylation is 1. The molecule has 0 aliphatic carbocycles. The van der Waals surface area contributed by atoms with Crippen LogP contribution in [0, 0.1) is 6.92 Å². The number of aromatic nitrogens is 1. The van der Waals surface area contributed by atoms with Gasteiger partial charge in [0.25, 0.3) is 0 Å². The zero-order valence-electron chi connectivity index (χ0n) is 13.3. The van der Waals surface area contributed by atoms with E-state index in [2.05, 4.69) is 15.6 Å². The molecular formula is C17H19N3O3. The Morgan fingerprint density at radius 2 is 1.78 bits per heavy atom. The Morgan fingerprint density at radius 3 is 2.39 bits per heavy atom. The average molecular weight is 313 g/mol. The van der Waals surface area contributed by atoms with Crippen molar-refractivity contribution in [2.45, 2.75) is 19.9 Å². The van der Waals surface area contributed by atoms with Crippen LogP contribution in [0.3, 0.4) is 0 Å². The molecule has 1 atom stereocenters. The molecule has 23 heavy (non-hydrogen) atoms. The summed E-state index contributed by atoms with van der Waals surface area (Å²) >= 11 is 0. The second-order valence-corrected chi connectivity index (χ2v) is 5.09. The van der Waals surface area contributed by atoms with Crippen LogP contribution in [0.4, 0.5) is 5.82 Å². The van der Waals surface area contributed by atoms with Crippen LogP contribution in [0.5, 0.6) is 5.75 Å². The molecule has 0 bridgehead atoms. The number of pyridine rings is 1. The zero-order chi connectivity index (χ0) is 16.8. The lowest BCUT2D eigenvalue weighted by molar-refractivity contribution is -0.136. The van der Waals surface area contributed by atoms with E-state index >= 15 is 0 Å². The summed E-state index contributed by atoms with van der Waals surface area (Å²) in [7, 11) is 1.59. The minimum Gasteiger partial charge on any atom is -0.497 e. The molecule has 0 spiro atoms. The van der Waals surface area contributed by atoms with Gasteiger partial charge in [0.05, 0.1) is 13.2 Å². The quantitative estimate of drug-likeness (QED) is 0.848. The van der Waals surface area contributed by atoms with Gasteiger partial charge < -0.3 is 15.4 Å². The summed E-state index contributed by atoms with van der Waals surface area (Å²) in [6.45, 7) is 3.61. The molecule has 2 rings (SSSR count). The number of rotatable bonds is 4. The molecule has 2 amide bonds. The Morgan fingerprint density at radius 1 is 1.09 bits per heavy atom. The fourth-order valence-electron chi connectivity index (χ4n) is 2.02. The van der Waals surface area contributed by atoms with Crippen molar-refractivity contribution >= 4 is 17.6 Å². The highest BCUT2D eigenvalue weighted by molar-refractivity contribution is 6.39. The monoisotopic (exact) mass is 313 g/mol. The first kappa shape index (κ1) is 16.5. The molecule has 6 heteroatoms. The number of benzene rings is 1. The zero-order valence-corrected chi connectivity index (χ0v) is 13.3. The fourth-order valence-corrected chi connectivity index (χ4v) is 2.02. The maximum Gasteiger partial charge on any atom is 0.314 e. The van der Waals surface area contributed by atoms with Crippen molar-refractivity contribution < 1.29 is 14.3 Å². The number of amides is 2. The highest BCUT2D eigenvalue weighted by Gasteiger charge is 2.17. The van der Waals surface area contributed by atoms with Gasteiger partial charge in [-0.1, -0.05) is 18.2 Å². The smallest absolute Gasteiger partial charge is 0.314 e. The average Bonchev–Trinajstić information content (AvgIpc) is 2.54. The van der Waals surface area contributed by atoms with Gasteiger partial charge in [0.2, 0.25) is 0 Å². The van der Waals surface area contributed by atoms with Crippen LogP contribution in [-0.2, 0) is 9.59 Å². The molecule has 0 saturated heterocycles. The minimum absolute atomic E-state index is 0.301. The SMILES string of the molecule is COc1ccc(C(C)NC(=O)C(=O)Nc2cccc(C)n2)cc1. The fraction of sp³-hybridized carbons (Fsp3) is 0.235. The Bertz CT molecular complexity index is 698. The Kier molecular flexibility index (Phi) is 5.30. The highest BCUT2D eigenvalue weighted by Crippen LogP contribution is 2.17. The van der Waals surface area contributed by atoms with E-state index in [0.29, 0.717) is 5.82 Å². The molecule has 0 aliphatic rings. The van der Waals surface area contributed by atoms with E-state index in [0.717, 1.165) is 17.0 Å². The largest absolute Gasteiger partial charge is 0.497 e. The number of methoxy groups -OCH3 is 1. The molecule has 0 radical (unpaired) electrons. The van der Waals surface area contributed by atoms with Gasteiger partial charge in [-0.3, -0.25) is 9.59 Å². The van der Waals surface area contributed by atoms with Crippen molar-refractivity contribution in [3.05, 3.63) is 53.7 Å². The van der Waals surface area contributed by atoms with E-state index < -0.39 is 11.8 Å². The van der Waals surface area contributed by atoms with Gasteiger partial charge in [-0.15, -0.1) is 0 Å². The predicted molar refractivity (Wildman–Crippen MR) is 87.2 cm³/mol. The topological polar surface area (TPSA) is 80.3 Å². The van der Waals surface area contributed by atoms with Gasteiger partial charge in [-0.05, 0) is 43.7 Å². The lowest BCUT2D eigenvalue weighted by Crippen LogP contribution is -2.37. The molecular weight excluding hydrogens is 294 g/mol. The van der Waals surface area contributed by atoms with Gasteiger partial charge in [0.15, 0.2) is 0 Å². The molecule has 0 aliphatic heterocycles. The van der Waals surface area contributed by atoms with E-state index in [-0.39, 0.29) is 6.04 Å². The van der Waals surface area contributed by atoms with Crippen LogP contribution in [0.25, 0.3) is 0 Å². The Hall–Kier alpha value is -2.89. The van der Waals surface area contributed by atoms with E-state index in [9.17, 15) is 9.59 Å². The number of hydrogen-bond acceptors (Lipinski definition) is 4. The highest BCUT2D eigenvalue weighted by atomic mass is 16.5. The summed E-state index contributed by atoms with van der Waals surface area (Å²) in [5.41, 5.74) is 1.63. The second kappa shape index (κ2) is 7.40. The number of nitrogens with zero attached hydrogens (tertiary/aromatic N) is 1. The van der Waals surface area contributed by atoms with Crippen molar-refractivity contribution in [2.75, 3.05) is 12.4 Å². The molecule has 1 heterocycles. The second-order valence-electron chi connectivity index (χ2n) is 5.09. The summed E-state index contributed by atoms with van der Waals surface area (Å²) < 4.78 is 5.09. The molecule has 2 N–H and O–H groups in total. The third-order valence-electron chi connectivity index (χ3n) is 3.30. The van der Waals surface area contributed by atoms with E-state index in [1.54, 1.807) is 38.3 Å². The van der Waals surface area contributed by atoms with Crippen LogP contribution in [0.15, 0.2) is 42.5 Å². The van der Waals surface area contributed by atoms with Crippen molar-refractivity contribution in [1.82, 2.24) is 10.3 Å². The molecule has 1 unspecified atom stereocenters. The number of hydrogen-bond donors (Lipinski definition) is 2. The Labute approximate surface area is 134 Å². The molecule has 1 aromatic heterocycles. The number of ether oxygens (including phenoxy) is 1. The first-order chi connectivity index (χ1) is 11.0. The maximum absolute atomic E-state index is 12.0. The van der Waals surface area contributed by atoms with Crippen LogP contribution in [0.1, 0.15) is 24.2 Å². The van der Waals surface area contributed by atoms with Crippen molar-refractivity contribution in [3.63, 3.8) is 0 Å². The van der Waals surface area contributed by atoms with Crippen LogP contribution in [-0.4, -0.2) is 23.9 Å². The maximum atomic E-state index is 12.0. The summed E-state index contributed by atoms with van der Waals surface area (Å²) in [6, 6.07) is 12.2. The van der Waals surface area contributed by atoms with Gasteiger partial charge in [0.1, 0.15) is 11.6 Å². The Balaban J connectivity index is 1.95. The van der Waals surface area contributed by atoms with Crippen molar-refractivity contribution in [2.24, 2.45) is 0 Å². The van der Waals surface area contributed by atoms with Crippen LogP contribution in [0.2, 0.25) is 0 Å². The van der Waals surface area contributed by atoms with E-state index in [1.165, 1.54) is 0 Å². The molecule has 6 nitrogen and oxygen atoms in total. The van der Waals surface area contributed by atoms with Gasteiger partial charge >= 0.3 is 11.8 Å². The molecule has 120 valence electrons. The van der Waals surface area contributed by atoms with Gasteiger partial charge in [-0.25, -0.2) is 4.98 Å². The molecule has 1 aromatic carbocycles. The summed E-state index contributed by atoms with van der Waals surface area (Å²) in [5.74, 6) is -0.377. The number of carbonyl (C=O) groups is 2. The van der Waals surface area contributed by atoms with Gasteiger partial charge in [0, 0.05) is 5.69 Å². The van der Waals surface area contributed by atoms with E-state index in [1.807, 2.05) is 25.1 Å². The van der Waals surface area contributed by atoms with Crippen LogP contribution < -0.4 is 15.4 Å². The standard InChI is InChI=1S/C17H19N3O3/c1-11-5-4-6-15(18-11)20-17(22)16(21)19-12(2)13-7-9-14(23-3)10-8-13/h4-10,12H,1-3H3,(H,19,21)(H,18,20,22). The number of carbonyl (C=O) groups excluding carboxylic acids is 2. The number of anilines is 1. The first-order valence-corrected chi connectivity index (χ1v) is 7.19. The normalized spacial score (nSPS) is 11.4. The summed E-state index contributed by atoms with van der Waals surface area (Å²) in [5, 5.41) is 5.12.